The summed E-state index contributed by atoms with van der Waals surface area (Å²) in [4.78, 5) is 18.8. The van der Waals surface area contributed by atoms with Gasteiger partial charge in [-0.15, -0.1) is 0 Å². The number of anilines is 4. The van der Waals surface area contributed by atoms with E-state index in [2.05, 4.69) is 30.2 Å². The van der Waals surface area contributed by atoms with E-state index in [1.165, 1.54) is 0 Å². The Bertz CT molecular complexity index is 1170. The van der Waals surface area contributed by atoms with Gasteiger partial charge in [-0.05, 0) is 54.4 Å². The predicted molar refractivity (Wildman–Crippen MR) is 111 cm³/mol. The van der Waals surface area contributed by atoms with Crippen molar-refractivity contribution >= 4 is 23.3 Å². The Hall–Kier alpha value is -4.07. The largest absolute Gasteiger partial charge is 0.436 e. The molecule has 148 valence electrons. The minimum Gasteiger partial charge on any atom is -0.436 e. The summed E-state index contributed by atoms with van der Waals surface area (Å²) in [5.74, 6) is 1.38. The molecule has 0 aliphatic carbocycles. The number of fused-ring (bicyclic) bond motifs is 1. The second kappa shape index (κ2) is 7.75. The van der Waals surface area contributed by atoms with Crippen LogP contribution in [0.4, 0.5) is 27.7 Å². The van der Waals surface area contributed by atoms with Gasteiger partial charge in [0.05, 0.1) is 6.20 Å². The van der Waals surface area contributed by atoms with Crippen LogP contribution >= 0.6 is 0 Å². The van der Waals surface area contributed by atoms with Crippen molar-refractivity contribution in [3.8, 4) is 11.6 Å². The molecule has 4 heterocycles. The molecule has 30 heavy (non-hydrogen) atoms. The van der Waals surface area contributed by atoms with Crippen LogP contribution in [0.15, 0.2) is 73.2 Å². The molecule has 1 aliphatic rings. The Morgan fingerprint density at radius 3 is 2.63 bits per heavy atom. The van der Waals surface area contributed by atoms with Gasteiger partial charge in [0.1, 0.15) is 17.4 Å². The highest BCUT2D eigenvalue weighted by Gasteiger charge is 2.22. The summed E-state index contributed by atoms with van der Waals surface area (Å²) in [6, 6.07) is 16.9. The van der Waals surface area contributed by atoms with Crippen molar-refractivity contribution in [1.82, 2.24) is 19.9 Å². The van der Waals surface area contributed by atoms with Gasteiger partial charge in [-0.1, -0.05) is 12.1 Å². The number of aromatic nitrogens is 4. The number of rotatable bonds is 5. The van der Waals surface area contributed by atoms with Gasteiger partial charge in [-0.25, -0.2) is 15.0 Å². The Labute approximate surface area is 172 Å². The molecule has 0 amide bonds. The van der Waals surface area contributed by atoms with Crippen LogP contribution in [-0.2, 0) is 6.42 Å². The van der Waals surface area contributed by atoms with Gasteiger partial charge < -0.3 is 15.0 Å². The van der Waals surface area contributed by atoms with Crippen molar-refractivity contribution < 1.29 is 9.13 Å². The van der Waals surface area contributed by atoms with Gasteiger partial charge in [-0.3, -0.25) is 0 Å². The third-order valence-electron chi connectivity index (χ3n) is 4.70. The lowest BCUT2D eigenvalue weighted by Crippen LogP contribution is -2.14. The Balaban J connectivity index is 1.37. The van der Waals surface area contributed by atoms with E-state index >= 15 is 0 Å². The summed E-state index contributed by atoms with van der Waals surface area (Å²) >= 11 is 0. The molecule has 5 rings (SSSR count). The second-order valence-electron chi connectivity index (χ2n) is 6.67. The van der Waals surface area contributed by atoms with Crippen LogP contribution in [0.25, 0.3) is 0 Å². The average Bonchev–Trinajstić information content (AvgIpc) is 3.21. The summed E-state index contributed by atoms with van der Waals surface area (Å²) in [6.45, 7) is 0.829. The van der Waals surface area contributed by atoms with E-state index < -0.39 is 5.82 Å². The van der Waals surface area contributed by atoms with Gasteiger partial charge in [-0.2, -0.15) is 9.37 Å². The van der Waals surface area contributed by atoms with Crippen molar-refractivity contribution in [2.45, 2.75) is 6.42 Å². The highest BCUT2D eigenvalue weighted by atomic mass is 19.1. The molecule has 0 saturated carbocycles. The molecule has 7 nitrogen and oxygen atoms in total. The average molecular weight is 400 g/mol. The SMILES string of the molecule is Fc1cnc(Nc2ccccn2)nc1Oc1ccc2c(c1)CCN2c1ccccn1. The summed E-state index contributed by atoms with van der Waals surface area (Å²) in [7, 11) is 0. The van der Waals surface area contributed by atoms with Crippen LogP contribution in [0, 0.1) is 5.82 Å². The molecule has 1 aliphatic heterocycles. The smallest absolute Gasteiger partial charge is 0.260 e. The molecule has 1 N–H and O–H groups in total. The van der Waals surface area contributed by atoms with Crippen molar-refractivity contribution in [2.24, 2.45) is 0 Å². The van der Waals surface area contributed by atoms with Crippen molar-refractivity contribution in [2.75, 3.05) is 16.8 Å². The Morgan fingerprint density at radius 1 is 0.967 bits per heavy atom. The molecular weight excluding hydrogens is 383 g/mol. The van der Waals surface area contributed by atoms with Crippen LogP contribution in [-0.4, -0.2) is 26.5 Å². The van der Waals surface area contributed by atoms with Crippen LogP contribution < -0.4 is 15.0 Å². The van der Waals surface area contributed by atoms with Gasteiger partial charge in [0.25, 0.3) is 5.88 Å². The highest BCUT2D eigenvalue weighted by molar-refractivity contribution is 5.68. The molecule has 0 bridgehead atoms. The molecule has 1 aromatic carbocycles. The van der Waals surface area contributed by atoms with Crippen LogP contribution in [0.2, 0.25) is 0 Å². The Morgan fingerprint density at radius 2 is 1.83 bits per heavy atom. The number of halogens is 1. The first-order chi connectivity index (χ1) is 14.8. The minimum absolute atomic E-state index is 0.150. The quantitative estimate of drug-likeness (QED) is 0.523. The van der Waals surface area contributed by atoms with Gasteiger partial charge >= 0.3 is 0 Å². The first kappa shape index (κ1) is 18.0. The van der Waals surface area contributed by atoms with Gasteiger partial charge in [0, 0.05) is 24.6 Å². The van der Waals surface area contributed by atoms with Crippen LogP contribution in [0.1, 0.15) is 5.56 Å². The number of hydrogen-bond donors (Lipinski definition) is 1. The van der Waals surface area contributed by atoms with E-state index in [-0.39, 0.29) is 11.8 Å². The van der Waals surface area contributed by atoms with E-state index in [9.17, 15) is 4.39 Å². The maximum absolute atomic E-state index is 14.2. The van der Waals surface area contributed by atoms with Crippen molar-refractivity contribution in [1.29, 1.82) is 0 Å². The number of hydrogen-bond acceptors (Lipinski definition) is 7. The first-order valence-electron chi connectivity index (χ1n) is 9.46. The molecule has 0 atom stereocenters. The number of pyridine rings is 2. The van der Waals surface area contributed by atoms with Crippen molar-refractivity contribution in [3.05, 3.63) is 84.6 Å². The monoisotopic (exact) mass is 400 g/mol. The predicted octanol–water partition coefficient (Wildman–Crippen LogP) is 4.64. The molecule has 3 aromatic heterocycles. The van der Waals surface area contributed by atoms with Crippen molar-refractivity contribution in [3.63, 3.8) is 0 Å². The number of nitrogens with zero attached hydrogens (tertiary/aromatic N) is 5. The summed E-state index contributed by atoms with van der Waals surface area (Å²) in [6.07, 6.45) is 5.34. The fourth-order valence-electron chi connectivity index (χ4n) is 3.34. The van der Waals surface area contributed by atoms with E-state index in [0.29, 0.717) is 11.6 Å². The fourth-order valence-corrected chi connectivity index (χ4v) is 3.34. The number of ether oxygens (including phenoxy) is 1. The minimum atomic E-state index is -0.641. The molecule has 8 heteroatoms. The molecular formula is C22H17FN6O. The van der Waals surface area contributed by atoms with Crippen LogP contribution in [0.3, 0.4) is 0 Å². The topological polar surface area (TPSA) is 76.1 Å². The summed E-state index contributed by atoms with van der Waals surface area (Å²) < 4.78 is 20.0. The Kier molecular flexibility index (Phi) is 4.65. The lowest BCUT2D eigenvalue weighted by Gasteiger charge is -2.18. The third-order valence-corrected chi connectivity index (χ3v) is 4.70. The molecule has 0 spiro atoms. The zero-order valence-electron chi connectivity index (χ0n) is 15.9. The standard InChI is InChI=1S/C22H17FN6O/c23-17-14-26-22(27-19-5-1-3-10-24-19)28-21(17)30-16-7-8-18-15(13-16)9-12-29(18)20-6-2-4-11-25-20/h1-8,10-11,13-14H,9,12H2,(H,24,26,27,28). The van der Waals surface area contributed by atoms with Gasteiger partial charge in [0.2, 0.25) is 11.8 Å². The maximum Gasteiger partial charge on any atom is 0.260 e. The normalized spacial score (nSPS) is 12.5. The highest BCUT2D eigenvalue weighted by Crippen LogP contribution is 2.36. The van der Waals surface area contributed by atoms with E-state index in [4.69, 9.17) is 4.74 Å². The lowest BCUT2D eigenvalue weighted by atomic mass is 10.1. The second-order valence-corrected chi connectivity index (χ2v) is 6.67. The summed E-state index contributed by atoms with van der Waals surface area (Å²) in [5, 5.41) is 2.93. The molecule has 0 radical (unpaired) electrons. The van der Waals surface area contributed by atoms with E-state index in [0.717, 1.165) is 36.2 Å². The van der Waals surface area contributed by atoms with E-state index in [1.54, 1.807) is 30.6 Å². The maximum atomic E-state index is 14.2. The number of nitrogens with one attached hydrogen (secondary N) is 1. The third kappa shape index (κ3) is 3.62. The fraction of sp³-hybridized carbons (Fsp3) is 0.0909. The molecule has 0 saturated heterocycles. The zero-order valence-corrected chi connectivity index (χ0v) is 15.9. The van der Waals surface area contributed by atoms with Crippen LogP contribution in [0.5, 0.6) is 11.6 Å². The number of benzene rings is 1. The van der Waals surface area contributed by atoms with Gasteiger partial charge in [0.15, 0.2) is 0 Å². The zero-order chi connectivity index (χ0) is 20.3. The molecule has 4 aromatic rings. The molecule has 0 fully saturated rings. The van der Waals surface area contributed by atoms with E-state index in [1.807, 2.05) is 36.4 Å². The lowest BCUT2D eigenvalue weighted by molar-refractivity contribution is 0.420. The first-order valence-corrected chi connectivity index (χ1v) is 9.46. The summed E-state index contributed by atoms with van der Waals surface area (Å²) in [5.41, 5.74) is 2.18. The molecule has 0 unspecified atom stereocenters.